The maximum absolute atomic E-state index is 11.8. The van der Waals surface area contributed by atoms with Crippen molar-refractivity contribution in [2.24, 2.45) is 0 Å². The number of amides is 1. The molecule has 0 bridgehead atoms. The van der Waals surface area contributed by atoms with Gasteiger partial charge < -0.3 is 5.32 Å². The van der Waals surface area contributed by atoms with Crippen LogP contribution in [0.5, 0.6) is 0 Å². The minimum absolute atomic E-state index is 0.248. The number of hydrogen-bond acceptors (Lipinski definition) is 3. The SMILES string of the molecule is Cc1cc(I)ccc1NC(=O)c1cnccn1. The summed E-state index contributed by atoms with van der Waals surface area (Å²) in [7, 11) is 0. The smallest absolute Gasteiger partial charge is 0.275 e. The molecule has 2 aromatic rings. The Kier molecular flexibility index (Phi) is 3.68. The van der Waals surface area contributed by atoms with Gasteiger partial charge in [0, 0.05) is 21.7 Å². The molecule has 86 valence electrons. The van der Waals surface area contributed by atoms with Crippen LogP contribution in [0.3, 0.4) is 0 Å². The second kappa shape index (κ2) is 5.22. The molecule has 1 heterocycles. The predicted molar refractivity (Wildman–Crippen MR) is 73.9 cm³/mol. The summed E-state index contributed by atoms with van der Waals surface area (Å²) >= 11 is 2.23. The zero-order valence-corrected chi connectivity index (χ0v) is 11.3. The molecule has 0 saturated heterocycles. The van der Waals surface area contributed by atoms with Crippen LogP contribution in [0.4, 0.5) is 5.69 Å². The van der Waals surface area contributed by atoms with Crippen LogP contribution in [0.1, 0.15) is 16.1 Å². The van der Waals surface area contributed by atoms with Crippen molar-refractivity contribution in [3.05, 3.63) is 51.6 Å². The normalized spacial score (nSPS) is 10.0. The Hall–Kier alpha value is -1.50. The van der Waals surface area contributed by atoms with Crippen LogP contribution in [-0.4, -0.2) is 15.9 Å². The van der Waals surface area contributed by atoms with Gasteiger partial charge in [0.2, 0.25) is 0 Å². The minimum atomic E-state index is -0.248. The van der Waals surface area contributed by atoms with Crippen LogP contribution in [0, 0.1) is 10.5 Å². The Balaban J connectivity index is 2.19. The van der Waals surface area contributed by atoms with Gasteiger partial charge in [0.1, 0.15) is 5.69 Å². The fraction of sp³-hybridized carbons (Fsp3) is 0.0833. The van der Waals surface area contributed by atoms with Crippen LogP contribution in [-0.2, 0) is 0 Å². The molecule has 1 aromatic carbocycles. The molecule has 0 aliphatic rings. The van der Waals surface area contributed by atoms with E-state index >= 15 is 0 Å². The van der Waals surface area contributed by atoms with Crippen molar-refractivity contribution < 1.29 is 4.79 Å². The first-order valence-corrected chi connectivity index (χ1v) is 6.08. The van der Waals surface area contributed by atoms with Gasteiger partial charge >= 0.3 is 0 Å². The molecule has 0 atom stereocenters. The van der Waals surface area contributed by atoms with E-state index in [2.05, 4.69) is 37.9 Å². The lowest BCUT2D eigenvalue weighted by Crippen LogP contribution is -2.14. The monoisotopic (exact) mass is 339 g/mol. The molecule has 5 heteroatoms. The summed E-state index contributed by atoms with van der Waals surface area (Å²) < 4.78 is 1.14. The molecule has 0 unspecified atom stereocenters. The third kappa shape index (κ3) is 3.00. The molecular formula is C12H10IN3O. The molecule has 0 saturated carbocycles. The summed E-state index contributed by atoms with van der Waals surface area (Å²) in [6.07, 6.45) is 4.47. The molecular weight excluding hydrogens is 329 g/mol. The van der Waals surface area contributed by atoms with E-state index in [1.165, 1.54) is 18.6 Å². The molecule has 1 aromatic heterocycles. The number of nitrogens with one attached hydrogen (secondary N) is 1. The average Bonchev–Trinajstić information content (AvgIpc) is 2.34. The molecule has 2 rings (SSSR count). The molecule has 1 amide bonds. The number of aryl methyl sites for hydroxylation is 1. The van der Waals surface area contributed by atoms with Crippen molar-refractivity contribution in [1.29, 1.82) is 0 Å². The fourth-order valence-corrected chi connectivity index (χ4v) is 2.02. The zero-order chi connectivity index (χ0) is 12.3. The quantitative estimate of drug-likeness (QED) is 0.856. The van der Waals surface area contributed by atoms with E-state index in [0.29, 0.717) is 5.69 Å². The Morgan fingerprint density at radius 3 is 2.82 bits per heavy atom. The summed E-state index contributed by atoms with van der Waals surface area (Å²) in [5.74, 6) is -0.248. The Bertz CT molecular complexity index is 543. The van der Waals surface area contributed by atoms with Gasteiger partial charge in [0.05, 0.1) is 6.20 Å². The van der Waals surface area contributed by atoms with Crippen molar-refractivity contribution in [3.8, 4) is 0 Å². The lowest BCUT2D eigenvalue weighted by Gasteiger charge is -2.07. The summed E-state index contributed by atoms with van der Waals surface area (Å²) in [4.78, 5) is 19.6. The van der Waals surface area contributed by atoms with Gasteiger partial charge in [0.15, 0.2) is 0 Å². The van der Waals surface area contributed by atoms with Gasteiger partial charge in [-0.15, -0.1) is 0 Å². The average molecular weight is 339 g/mol. The molecule has 1 N–H and O–H groups in total. The second-order valence-electron chi connectivity index (χ2n) is 3.50. The summed E-state index contributed by atoms with van der Waals surface area (Å²) in [5.41, 5.74) is 2.13. The Morgan fingerprint density at radius 2 is 2.18 bits per heavy atom. The maximum Gasteiger partial charge on any atom is 0.275 e. The fourth-order valence-electron chi connectivity index (χ4n) is 1.37. The standard InChI is InChI=1S/C12H10IN3O/c1-8-6-9(13)2-3-10(8)16-12(17)11-7-14-4-5-15-11/h2-7H,1H3,(H,16,17). The van der Waals surface area contributed by atoms with Gasteiger partial charge in [-0.3, -0.25) is 9.78 Å². The van der Waals surface area contributed by atoms with Gasteiger partial charge in [-0.1, -0.05) is 0 Å². The van der Waals surface area contributed by atoms with Crippen molar-refractivity contribution in [3.63, 3.8) is 0 Å². The molecule has 0 aliphatic carbocycles. The van der Waals surface area contributed by atoms with Crippen LogP contribution >= 0.6 is 22.6 Å². The van der Waals surface area contributed by atoms with Gasteiger partial charge in [-0.05, 0) is 53.3 Å². The number of halogens is 1. The number of anilines is 1. The lowest BCUT2D eigenvalue weighted by atomic mass is 10.2. The molecule has 0 spiro atoms. The third-order valence-electron chi connectivity index (χ3n) is 2.23. The molecule has 17 heavy (non-hydrogen) atoms. The first-order chi connectivity index (χ1) is 8.16. The second-order valence-corrected chi connectivity index (χ2v) is 4.75. The van der Waals surface area contributed by atoms with Crippen molar-refractivity contribution >= 4 is 34.2 Å². The van der Waals surface area contributed by atoms with E-state index in [0.717, 1.165) is 14.8 Å². The van der Waals surface area contributed by atoms with Crippen molar-refractivity contribution in [2.75, 3.05) is 5.32 Å². The van der Waals surface area contributed by atoms with Crippen LogP contribution < -0.4 is 5.32 Å². The number of nitrogens with zero attached hydrogens (tertiary/aromatic N) is 2. The van der Waals surface area contributed by atoms with Crippen molar-refractivity contribution in [2.45, 2.75) is 6.92 Å². The van der Waals surface area contributed by atoms with Gasteiger partial charge in [-0.25, -0.2) is 4.98 Å². The molecule has 4 nitrogen and oxygen atoms in total. The predicted octanol–water partition coefficient (Wildman–Crippen LogP) is 2.64. The third-order valence-corrected chi connectivity index (χ3v) is 2.90. The number of benzene rings is 1. The van der Waals surface area contributed by atoms with E-state index in [4.69, 9.17) is 0 Å². The highest BCUT2D eigenvalue weighted by atomic mass is 127. The highest BCUT2D eigenvalue weighted by Crippen LogP contribution is 2.18. The first-order valence-electron chi connectivity index (χ1n) is 5.00. The van der Waals surface area contributed by atoms with E-state index in [1.807, 2.05) is 25.1 Å². The van der Waals surface area contributed by atoms with E-state index < -0.39 is 0 Å². The summed E-state index contributed by atoms with van der Waals surface area (Å²) in [6, 6.07) is 5.83. The highest BCUT2D eigenvalue weighted by Gasteiger charge is 2.08. The molecule has 0 radical (unpaired) electrons. The number of aromatic nitrogens is 2. The minimum Gasteiger partial charge on any atom is -0.320 e. The van der Waals surface area contributed by atoms with Gasteiger partial charge in [-0.2, -0.15) is 0 Å². The Labute approximate surface area is 113 Å². The zero-order valence-electron chi connectivity index (χ0n) is 9.14. The highest BCUT2D eigenvalue weighted by molar-refractivity contribution is 14.1. The van der Waals surface area contributed by atoms with E-state index in [-0.39, 0.29) is 5.91 Å². The van der Waals surface area contributed by atoms with E-state index in [1.54, 1.807) is 0 Å². The summed E-state index contributed by atoms with van der Waals surface area (Å²) in [6.45, 7) is 1.95. The maximum atomic E-state index is 11.8. The number of hydrogen-bond donors (Lipinski definition) is 1. The van der Waals surface area contributed by atoms with Crippen LogP contribution in [0.25, 0.3) is 0 Å². The molecule has 0 aliphatic heterocycles. The Morgan fingerprint density at radius 1 is 1.35 bits per heavy atom. The van der Waals surface area contributed by atoms with Crippen molar-refractivity contribution in [1.82, 2.24) is 9.97 Å². The van der Waals surface area contributed by atoms with E-state index in [9.17, 15) is 4.79 Å². The number of rotatable bonds is 2. The topological polar surface area (TPSA) is 54.9 Å². The first kappa shape index (κ1) is 12.0. The van der Waals surface area contributed by atoms with Crippen LogP contribution in [0.2, 0.25) is 0 Å². The summed E-state index contributed by atoms with van der Waals surface area (Å²) in [5, 5.41) is 2.81. The van der Waals surface area contributed by atoms with Crippen LogP contribution in [0.15, 0.2) is 36.8 Å². The number of carbonyl (C=O) groups excluding carboxylic acids is 1. The van der Waals surface area contributed by atoms with Gasteiger partial charge in [0.25, 0.3) is 5.91 Å². The molecule has 0 fully saturated rings. The number of carbonyl (C=O) groups is 1. The largest absolute Gasteiger partial charge is 0.320 e. The lowest BCUT2D eigenvalue weighted by molar-refractivity contribution is 0.102.